The Balaban J connectivity index is 1.93. The molecule has 0 N–H and O–H groups in total. The second-order valence-corrected chi connectivity index (χ2v) is 4.83. The average Bonchev–Trinajstić information content (AvgIpc) is 2.14. The van der Waals surface area contributed by atoms with Gasteiger partial charge in [0.2, 0.25) is 5.91 Å². The molecule has 72 valence electrons. The maximum atomic E-state index is 11.2. The van der Waals surface area contributed by atoms with E-state index in [0.717, 1.165) is 12.2 Å². The van der Waals surface area contributed by atoms with Gasteiger partial charge in [-0.15, -0.1) is 11.8 Å². The van der Waals surface area contributed by atoms with E-state index in [1.165, 1.54) is 24.8 Å². The van der Waals surface area contributed by atoms with Crippen molar-refractivity contribution in [1.82, 2.24) is 4.90 Å². The molecule has 1 fully saturated rings. The summed E-state index contributed by atoms with van der Waals surface area (Å²) in [7, 11) is 0. The molecule has 0 aromatic heterocycles. The molecule has 2 aliphatic rings. The second-order valence-electron chi connectivity index (χ2n) is 3.66. The molecule has 1 atom stereocenters. The molecule has 2 nitrogen and oxygen atoms in total. The van der Waals surface area contributed by atoms with Crippen molar-refractivity contribution >= 4 is 17.7 Å². The number of fused-ring (bicyclic) bond motifs is 1. The topological polar surface area (TPSA) is 20.3 Å². The Hall–Kier alpha value is -0.440. The first kappa shape index (κ1) is 9.13. The Morgan fingerprint density at radius 3 is 3.23 bits per heavy atom. The summed E-state index contributed by atoms with van der Waals surface area (Å²) < 4.78 is 0. The van der Waals surface area contributed by atoms with Gasteiger partial charge in [-0.2, -0.15) is 0 Å². The Kier molecular flexibility index (Phi) is 2.63. The lowest BCUT2D eigenvalue weighted by molar-refractivity contribution is -0.137. The molecule has 0 radical (unpaired) electrons. The highest BCUT2D eigenvalue weighted by molar-refractivity contribution is 8.00. The summed E-state index contributed by atoms with van der Waals surface area (Å²) in [4.78, 5) is 13.1. The maximum Gasteiger partial charge on any atom is 0.230 e. The standard InChI is InChI=1S/C10H15NOS/c1-2-3-4-8-6-11-9(12)5-10(11)13-7-8/h6,10H,2-5,7H2,1H3/t10-/m1/s1. The van der Waals surface area contributed by atoms with Crippen LogP contribution in [0.2, 0.25) is 0 Å². The van der Waals surface area contributed by atoms with E-state index in [0.29, 0.717) is 11.3 Å². The molecule has 0 bridgehead atoms. The van der Waals surface area contributed by atoms with Gasteiger partial charge in [0.25, 0.3) is 0 Å². The number of unbranched alkanes of at least 4 members (excludes halogenated alkanes) is 1. The predicted molar refractivity (Wildman–Crippen MR) is 55.3 cm³/mol. The van der Waals surface area contributed by atoms with Crippen LogP contribution >= 0.6 is 11.8 Å². The quantitative estimate of drug-likeness (QED) is 0.647. The minimum absolute atomic E-state index is 0.297. The van der Waals surface area contributed by atoms with E-state index >= 15 is 0 Å². The van der Waals surface area contributed by atoms with E-state index in [9.17, 15) is 4.79 Å². The monoisotopic (exact) mass is 197 g/mol. The Bertz CT molecular complexity index is 249. The van der Waals surface area contributed by atoms with Gasteiger partial charge in [-0.3, -0.25) is 4.79 Å². The van der Waals surface area contributed by atoms with Crippen LogP contribution in [0.25, 0.3) is 0 Å². The third-order valence-electron chi connectivity index (χ3n) is 2.58. The van der Waals surface area contributed by atoms with Crippen LogP contribution in [0.5, 0.6) is 0 Å². The number of amides is 1. The zero-order valence-corrected chi connectivity index (χ0v) is 8.77. The maximum absolute atomic E-state index is 11.2. The highest BCUT2D eigenvalue weighted by Crippen LogP contribution is 2.36. The number of carbonyl (C=O) groups is 1. The lowest BCUT2D eigenvalue weighted by atomic mass is 10.1. The Labute approximate surface area is 83.4 Å². The molecule has 13 heavy (non-hydrogen) atoms. The van der Waals surface area contributed by atoms with Gasteiger partial charge in [-0.05, 0) is 18.4 Å². The van der Waals surface area contributed by atoms with Crippen molar-refractivity contribution in [3.8, 4) is 0 Å². The molecule has 2 aliphatic heterocycles. The van der Waals surface area contributed by atoms with Crippen LogP contribution in [0.15, 0.2) is 11.8 Å². The highest BCUT2D eigenvalue weighted by Gasteiger charge is 2.37. The molecular formula is C10H15NOS. The second kappa shape index (κ2) is 3.74. The number of carbonyl (C=O) groups excluding carboxylic acids is 1. The fraction of sp³-hybridized carbons (Fsp3) is 0.700. The van der Waals surface area contributed by atoms with Crippen LogP contribution in [-0.2, 0) is 4.79 Å². The Morgan fingerprint density at radius 1 is 1.69 bits per heavy atom. The van der Waals surface area contributed by atoms with Gasteiger partial charge in [0.15, 0.2) is 0 Å². The van der Waals surface area contributed by atoms with Crippen molar-refractivity contribution in [1.29, 1.82) is 0 Å². The third-order valence-corrected chi connectivity index (χ3v) is 3.90. The lowest BCUT2D eigenvalue weighted by Gasteiger charge is -2.41. The molecule has 0 spiro atoms. The van der Waals surface area contributed by atoms with Crippen molar-refractivity contribution in [2.24, 2.45) is 0 Å². The zero-order chi connectivity index (χ0) is 9.26. The highest BCUT2D eigenvalue weighted by atomic mass is 32.2. The molecule has 0 saturated carbocycles. The smallest absolute Gasteiger partial charge is 0.230 e. The number of thioether (sulfide) groups is 1. The van der Waals surface area contributed by atoms with E-state index in [1.807, 2.05) is 16.7 Å². The van der Waals surface area contributed by atoms with Gasteiger partial charge in [0, 0.05) is 12.0 Å². The van der Waals surface area contributed by atoms with E-state index in [-0.39, 0.29) is 0 Å². The first-order valence-electron chi connectivity index (χ1n) is 4.93. The summed E-state index contributed by atoms with van der Waals surface area (Å²) in [5.41, 5.74) is 1.44. The van der Waals surface area contributed by atoms with Crippen LogP contribution in [0.4, 0.5) is 0 Å². The molecular weight excluding hydrogens is 182 g/mol. The molecule has 2 rings (SSSR count). The minimum Gasteiger partial charge on any atom is -0.306 e. The average molecular weight is 197 g/mol. The first-order valence-corrected chi connectivity index (χ1v) is 5.98. The van der Waals surface area contributed by atoms with E-state index in [1.54, 1.807) is 0 Å². The molecule has 1 saturated heterocycles. The van der Waals surface area contributed by atoms with Gasteiger partial charge in [-0.25, -0.2) is 0 Å². The molecule has 1 amide bonds. The van der Waals surface area contributed by atoms with Crippen LogP contribution < -0.4 is 0 Å². The van der Waals surface area contributed by atoms with E-state index in [2.05, 4.69) is 13.1 Å². The minimum atomic E-state index is 0.297. The molecule has 2 heterocycles. The predicted octanol–water partition coefficient (Wildman–Crippen LogP) is 2.37. The largest absolute Gasteiger partial charge is 0.306 e. The normalized spacial score (nSPS) is 26.5. The summed E-state index contributed by atoms with van der Waals surface area (Å²) in [5.74, 6) is 1.43. The first-order chi connectivity index (χ1) is 6.31. The number of hydrogen-bond donors (Lipinski definition) is 0. The summed E-state index contributed by atoms with van der Waals surface area (Å²) in [6.45, 7) is 2.20. The molecule has 0 aromatic carbocycles. The summed E-state index contributed by atoms with van der Waals surface area (Å²) in [6, 6.07) is 0. The summed E-state index contributed by atoms with van der Waals surface area (Å²) in [5, 5.41) is 0.470. The van der Waals surface area contributed by atoms with E-state index < -0.39 is 0 Å². The van der Waals surface area contributed by atoms with Crippen molar-refractivity contribution in [3.05, 3.63) is 11.8 Å². The van der Waals surface area contributed by atoms with Gasteiger partial charge >= 0.3 is 0 Å². The third kappa shape index (κ3) is 1.75. The van der Waals surface area contributed by atoms with Crippen LogP contribution in [0.1, 0.15) is 32.6 Å². The SMILES string of the molecule is CCCCC1=CN2C(=O)C[C@H]2SC1. The number of nitrogens with zero attached hydrogens (tertiary/aromatic N) is 1. The molecule has 0 aliphatic carbocycles. The van der Waals surface area contributed by atoms with E-state index in [4.69, 9.17) is 0 Å². The summed E-state index contributed by atoms with van der Waals surface area (Å²) in [6.07, 6.45) is 6.49. The van der Waals surface area contributed by atoms with Gasteiger partial charge < -0.3 is 4.90 Å². The van der Waals surface area contributed by atoms with Gasteiger partial charge in [0.1, 0.15) is 0 Å². The van der Waals surface area contributed by atoms with Crippen LogP contribution in [0, 0.1) is 0 Å². The molecule has 0 unspecified atom stereocenters. The van der Waals surface area contributed by atoms with Gasteiger partial charge in [0.05, 0.1) is 11.8 Å². The summed E-state index contributed by atoms with van der Waals surface area (Å²) >= 11 is 1.91. The van der Waals surface area contributed by atoms with Crippen molar-refractivity contribution in [2.45, 2.75) is 38.0 Å². The molecule has 0 aromatic rings. The van der Waals surface area contributed by atoms with Crippen LogP contribution in [-0.4, -0.2) is 21.9 Å². The molecule has 3 heteroatoms. The fourth-order valence-electron chi connectivity index (χ4n) is 1.67. The fourth-order valence-corrected chi connectivity index (χ4v) is 2.90. The number of β-lactam (4-membered cyclic amide) rings is 1. The van der Waals surface area contributed by atoms with Gasteiger partial charge in [-0.1, -0.05) is 13.3 Å². The van der Waals surface area contributed by atoms with Crippen molar-refractivity contribution < 1.29 is 4.79 Å². The number of rotatable bonds is 3. The van der Waals surface area contributed by atoms with Crippen LogP contribution in [0.3, 0.4) is 0 Å². The Morgan fingerprint density at radius 2 is 2.54 bits per heavy atom. The van der Waals surface area contributed by atoms with Crippen molar-refractivity contribution in [2.75, 3.05) is 5.75 Å². The van der Waals surface area contributed by atoms with Crippen molar-refractivity contribution in [3.63, 3.8) is 0 Å². The lowest BCUT2D eigenvalue weighted by Crippen LogP contribution is -2.49. The zero-order valence-electron chi connectivity index (χ0n) is 7.95. The number of hydrogen-bond acceptors (Lipinski definition) is 2.